The summed E-state index contributed by atoms with van der Waals surface area (Å²) in [7, 11) is 3.37. The fourth-order valence-electron chi connectivity index (χ4n) is 3.86. The molecule has 0 atom stereocenters. The number of carbonyl (C=O) groups is 1. The largest absolute Gasteiger partial charge is 0.463 e. The average Bonchev–Trinajstić information content (AvgIpc) is 3.19. The number of amides is 1. The van der Waals surface area contributed by atoms with Gasteiger partial charge < -0.3 is 19.6 Å². The van der Waals surface area contributed by atoms with Crippen molar-refractivity contribution in [3.8, 4) is 0 Å². The summed E-state index contributed by atoms with van der Waals surface area (Å²) in [5.74, 6) is 0.385. The highest BCUT2D eigenvalue weighted by atomic mass is 32.1. The Morgan fingerprint density at radius 1 is 1.22 bits per heavy atom. The van der Waals surface area contributed by atoms with E-state index < -0.39 is 6.09 Å². The number of hydrogen-bond acceptors (Lipinski definition) is 5. The molecule has 0 aliphatic carbocycles. The number of methoxy groups -OCH3 is 1. The van der Waals surface area contributed by atoms with E-state index in [4.69, 9.17) is 9.84 Å². The predicted octanol–water partition coefficient (Wildman–Crippen LogP) is 2.01. The minimum absolute atomic E-state index is 0.245. The first-order chi connectivity index (χ1) is 14.9. The molecule has 1 saturated heterocycles. The number of aromatic nitrogens is 2. The molecule has 2 aromatic rings. The Balaban J connectivity index is 2.16. The molecule has 3 heterocycles. The molecule has 176 valence electrons. The maximum absolute atomic E-state index is 13.4. The third-order valence-corrected chi connectivity index (χ3v) is 6.70. The fraction of sp³-hybridized carbons (Fsp3) is 0.619. The molecular formula is C21H31N5O5S. The van der Waals surface area contributed by atoms with Crippen LogP contribution in [0.15, 0.2) is 14.6 Å². The SMILES string of the molecule is COCCn1c(=O)n(CC(C)(C)C)c(=O)c2c(C)c(CN3CCN(C)C3=NC(=O)O)sc21. The van der Waals surface area contributed by atoms with Gasteiger partial charge in [0, 0.05) is 38.7 Å². The van der Waals surface area contributed by atoms with Crippen molar-refractivity contribution < 1.29 is 14.6 Å². The third-order valence-electron chi connectivity index (χ3n) is 5.40. The van der Waals surface area contributed by atoms with Gasteiger partial charge in [0.2, 0.25) is 5.96 Å². The highest BCUT2D eigenvalue weighted by Gasteiger charge is 2.28. The molecular weight excluding hydrogens is 434 g/mol. The van der Waals surface area contributed by atoms with Crippen LogP contribution in [0.2, 0.25) is 0 Å². The molecule has 0 radical (unpaired) electrons. The molecule has 1 aliphatic heterocycles. The van der Waals surface area contributed by atoms with Crippen molar-refractivity contribution in [2.45, 2.75) is 47.3 Å². The zero-order valence-electron chi connectivity index (χ0n) is 19.5. The van der Waals surface area contributed by atoms with Crippen LogP contribution in [0.25, 0.3) is 10.2 Å². The van der Waals surface area contributed by atoms with Crippen LogP contribution in [0.3, 0.4) is 0 Å². The van der Waals surface area contributed by atoms with E-state index in [1.54, 1.807) is 23.6 Å². The van der Waals surface area contributed by atoms with Crippen molar-refractivity contribution in [2.75, 3.05) is 33.9 Å². The van der Waals surface area contributed by atoms with Crippen molar-refractivity contribution in [3.05, 3.63) is 31.3 Å². The van der Waals surface area contributed by atoms with Crippen molar-refractivity contribution in [1.29, 1.82) is 0 Å². The summed E-state index contributed by atoms with van der Waals surface area (Å²) >= 11 is 1.40. The number of aryl methyl sites for hydroxylation is 1. The predicted molar refractivity (Wildman–Crippen MR) is 125 cm³/mol. The van der Waals surface area contributed by atoms with Gasteiger partial charge in [-0.3, -0.25) is 13.9 Å². The minimum Gasteiger partial charge on any atom is -0.463 e. The van der Waals surface area contributed by atoms with Crippen LogP contribution in [-0.2, 0) is 24.4 Å². The van der Waals surface area contributed by atoms with Gasteiger partial charge in [0.25, 0.3) is 5.56 Å². The zero-order valence-corrected chi connectivity index (χ0v) is 20.3. The first kappa shape index (κ1) is 24.0. The van der Waals surface area contributed by atoms with E-state index in [0.717, 1.165) is 10.4 Å². The standard InChI is InChI=1S/C21H31N5O5S/c1-13-14(11-24-8-7-23(5)18(24)22-19(28)29)32-17-15(13)16(27)26(12-21(2,3)4)20(30)25(17)9-10-31-6/h7-12H2,1-6H3,(H,28,29). The summed E-state index contributed by atoms with van der Waals surface area (Å²) in [4.78, 5) is 46.7. The highest BCUT2D eigenvalue weighted by Crippen LogP contribution is 2.30. The van der Waals surface area contributed by atoms with E-state index in [0.29, 0.717) is 55.5 Å². The lowest BCUT2D eigenvalue weighted by atomic mass is 9.97. The summed E-state index contributed by atoms with van der Waals surface area (Å²) in [5, 5.41) is 9.66. The first-order valence-electron chi connectivity index (χ1n) is 10.5. The second-order valence-electron chi connectivity index (χ2n) is 9.25. The van der Waals surface area contributed by atoms with Gasteiger partial charge in [-0.1, -0.05) is 20.8 Å². The lowest BCUT2D eigenvalue weighted by Crippen LogP contribution is -2.42. The van der Waals surface area contributed by atoms with Gasteiger partial charge in [0.15, 0.2) is 0 Å². The average molecular weight is 466 g/mol. The topological polar surface area (TPSA) is 109 Å². The van der Waals surface area contributed by atoms with Crippen molar-refractivity contribution in [1.82, 2.24) is 18.9 Å². The molecule has 0 unspecified atom stereocenters. The number of ether oxygens (including phenoxy) is 1. The number of likely N-dealkylation sites (N-methyl/N-ethyl adjacent to an activating group) is 1. The lowest BCUT2D eigenvalue weighted by Gasteiger charge is -2.20. The number of rotatable bonds is 6. The van der Waals surface area contributed by atoms with E-state index in [2.05, 4.69) is 4.99 Å². The van der Waals surface area contributed by atoms with Crippen LogP contribution in [0.4, 0.5) is 4.79 Å². The highest BCUT2D eigenvalue weighted by molar-refractivity contribution is 7.18. The summed E-state index contributed by atoms with van der Waals surface area (Å²) in [6, 6.07) is 0. The Bertz CT molecular complexity index is 1170. The molecule has 1 fully saturated rings. The number of carboxylic acid groups (broad SMARTS) is 1. The molecule has 1 aliphatic rings. The molecule has 0 bridgehead atoms. The van der Waals surface area contributed by atoms with Gasteiger partial charge in [-0.2, -0.15) is 0 Å². The molecule has 1 amide bonds. The maximum Gasteiger partial charge on any atom is 0.434 e. The number of thiophene rings is 1. The van der Waals surface area contributed by atoms with Crippen LogP contribution in [0, 0.1) is 12.3 Å². The van der Waals surface area contributed by atoms with Gasteiger partial charge >= 0.3 is 11.8 Å². The molecule has 0 spiro atoms. The summed E-state index contributed by atoms with van der Waals surface area (Å²) in [6.45, 7) is 10.5. The fourth-order valence-corrected chi connectivity index (χ4v) is 5.19. The van der Waals surface area contributed by atoms with Crippen LogP contribution >= 0.6 is 11.3 Å². The van der Waals surface area contributed by atoms with Gasteiger partial charge in [-0.25, -0.2) is 9.59 Å². The summed E-state index contributed by atoms with van der Waals surface area (Å²) < 4.78 is 8.14. The van der Waals surface area contributed by atoms with Crippen LogP contribution in [-0.4, -0.2) is 69.9 Å². The molecule has 10 nitrogen and oxygen atoms in total. The normalized spacial score (nSPS) is 16.0. The van der Waals surface area contributed by atoms with Gasteiger partial charge in [-0.15, -0.1) is 16.3 Å². The number of nitrogens with zero attached hydrogens (tertiary/aromatic N) is 5. The Morgan fingerprint density at radius 2 is 1.91 bits per heavy atom. The van der Waals surface area contributed by atoms with Crippen LogP contribution < -0.4 is 11.2 Å². The van der Waals surface area contributed by atoms with Gasteiger partial charge in [-0.05, 0) is 17.9 Å². The molecule has 1 N–H and O–H groups in total. The number of fused-ring (bicyclic) bond motifs is 1. The Hall–Kier alpha value is -2.66. The quantitative estimate of drug-likeness (QED) is 0.695. The van der Waals surface area contributed by atoms with Gasteiger partial charge in [0.1, 0.15) is 4.83 Å². The second kappa shape index (κ2) is 9.07. The van der Waals surface area contributed by atoms with Crippen molar-refractivity contribution in [2.24, 2.45) is 10.4 Å². The lowest BCUT2D eigenvalue weighted by molar-refractivity contribution is 0.186. The molecule has 11 heteroatoms. The Kier molecular flexibility index (Phi) is 6.80. The molecule has 0 saturated carbocycles. The second-order valence-corrected chi connectivity index (χ2v) is 10.3. The smallest absolute Gasteiger partial charge is 0.434 e. The number of aliphatic imine (C=N–C) groups is 1. The third kappa shape index (κ3) is 4.73. The van der Waals surface area contributed by atoms with Gasteiger partial charge in [0.05, 0.1) is 25.1 Å². The van der Waals surface area contributed by atoms with Crippen molar-refractivity contribution >= 4 is 33.6 Å². The monoisotopic (exact) mass is 465 g/mol. The van der Waals surface area contributed by atoms with E-state index >= 15 is 0 Å². The van der Waals surface area contributed by atoms with Crippen LogP contribution in [0.1, 0.15) is 31.2 Å². The Labute approximate surface area is 190 Å². The van der Waals surface area contributed by atoms with Crippen LogP contribution in [0.5, 0.6) is 0 Å². The maximum atomic E-state index is 13.4. The molecule has 2 aromatic heterocycles. The van der Waals surface area contributed by atoms with E-state index in [-0.39, 0.29) is 16.7 Å². The van der Waals surface area contributed by atoms with E-state index in [9.17, 15) is 14.4 Å². The van der Waals surface area contributed by atoms with E-state index in [1.165, 1.54) is 15.9 Å². The number of hydrogen-bond donors (Lipinski definition) is 1. The zero-order chi connectivity index (χ0) is 23.8. The minimum atomic E-state index is -1.25. The Morgan fingerprint density at radius 3 is 2.50 bits per heavy atom. The summed E-state index contributed by atoms with van der Waals surface area (Å²) in [5.41, 5.74) is -0.0545. The van der Waals surface area contributed by atoms with Crippen molar-refractivity contribution in [3.63, 3.8) is 0 Å². The first-order valence-corrected chi connectivity index (χ1v) is 11.3. The molecule has 32 heavy (non-hydrogen) atoms. The summed E-state index contributed by atoms with van der Waals surface area (Å²) in [6.07, 6.45) is -1.25. The molecule has 3 rings (SSSR count). The molecule has 0 aromatic carbocycles. The number of guanidine groups is 1. The van der Waals surface area contributed by atoms with E-state index in [1.807, 2.05) is 32.6 Å².